The lowest BCUT2D eigenvalue weighted by molar-refractivity contribution is 1.24. The van der Waals surface area contributed by atoms with Gasteiger partial charge in [0.15, 0.2) is 0 Å². The number of nitrogens with zero attached hydrogens (tertiary/aromatic N) is 1. The first-order valence-corrected chi connectivity index (χ1v) is 1.98. The summed E-state index contributed by atoms with van der Waals surface area (Å²) in [5.74, 6) is 0. The van der Waals surface area contributed by atoms with Crippen molar-refractivity contribution in [2.45, 2.75) is 0 Å². The van der Waals surface area contributed by atoms with Crippen LogP contribution in [-0.2, 0) is 0 Å². The molecular weight excluding hydrogens is 74.1 g/mol. The summed E-state index contributed by atoms with van der Waals surface area (Å²) in [7, 11) is 0. The average molecular weight is 80.1 g/mol. The summed E-state index contributed by atoms with van der Waals surface area (Å²) in [6, 6.07) is 0. The van der Waals surface area contributed by atoms with E-state index in [0.29, 0.717) is 0 Å². The molecule has 0 aromatic carbocycles. The smallest absolute Gasteiger partial charge is 0.124 e. The van der Waals surface area contributed by atoms with Gasteiger partial charge >= 0.3 is 0 Å². The fourth-order valence-electron chi connectivity index (χ4n) is 0.372. The van der Waals surface area contributed by atoms with E-state index < -0.39 is 0 Å². The molecule has 6 heavy (non-hydrogen) atoms. The van der Waals surface area contributed by atoms with Crippen molar-refractivity contribution < 1.29 is 0 Å². The van der Waals surface area contributed by atoms with Gasteiger partial charge in [0.2, 0.25) is 0 Å². The minimum atomic E-state index is 0.858. The second-order valence-corrected chi connectivity index (χ2v) is 1.13. The Morgan fingerprint density at radius 2 is 2.67 bits per heavy atom. The normalized spacial score (nSPS) is 17.3. The maximum atomic E-state index is 3.91. The van der Waals surface area contributed by atoms with Gasteiger partial charge in [-0.2, -0.15) is 0 Å². The number of hydrogen-bond acceptors (Lipinski definition) is 1. The molecule has 1 aliphatic heterocycles. The fraction of sp³-hybridized carbons (Fsp3) is 0.200. The molecule has 0 radical (unpaired) electrons. The van der Waals surface area contributed by atoms with Gasteiger partial charge in [0, 0.05) is 0 Å². The van der Waals surface area contributed by atoms with E-state index in [1.165, 1.54) is 0 Å². The summed E-state index contributed by atoms with van der Waals surface area (Å²) in [5.41, 5.74) is 0. The molecule has 1 heteroatoms. The van der Waals surface area contributed by atoms with Crippen molar-refractivity contribution >= 4 is 6.21 Å². The summed E-state index contributed by atoms with van der Waals surface area (Å²) < 4.78 is 0. The van der Waals surface area contributed by atoms with Gasteiger partial charge in [-0.15, -0.1) is 0 Å². The molecule has 0 aromatic heterocycles. The molecule has 30 valence electrons. The zero-order valence-corrected chi connectivity index (χ0v) is 3.46. The third kappa shape index (κ3) is 0.612. The van der Waals surface area contributed by atoms with Crippen LogP contribution in [0.15, 0.2) is 17.1 Å². The van der Waals surface area contributed by atoms with Gasteiger partial charge in [-0.1, -0.05) is 0 Å². The Hall–Kier alpha value is -0.720. The van der Waals surface area contributed by atoms with E-state index in [4.69, 9.17) is 0 Å². The molecule has 0 aliphatic carbocycles. The van der Waals surface area contributed by atoms with Gasteiger partial charge in [0.05, 0.1) is 18.6 Å². The summed E-state index contributed by atoms with van der Waals surface area (Å²) in [6.07, 6.45) is 7.73. The topological polar surface area (TPSA) is 12.4 Å². The van der Waals surface area contributed by atoms with E-state index in [1.54, 1.807) is 6.21 Å². The Labute approximate surface area is 37.4 Å². The van der Waals surface area contributed by atoms with Gasteiger partial charge in [0.25, 0.3) is 0 Å². The molecule has 1 aliphatic rings. The van der Waals surface area contributed by atoms with Crippen LogP contribution in [0.25, 0.3) is 0 Å². The van der Waals surface area contributed by atoms with Crippen LogP contribution in [0.5, 0.6) is 0 Å². The first-order chi connectivity index (χ1) is 3.00. The highest BCUT2D eigenvalue weighted by molar-refractivity contribution is 5.71. The molecule has 0 saturated carbocycles. The molecule has 0 unspecified atom stereocenters. The SMILES string of the molecule is C1=CCN=C[CH+]1. The molecule has 0 bridgehead atoms. The van der Waals surface area contributed by atoms with Crippen molar-refractivity contribution in [3.05, 3.63) is 18.6 Å². The lowest BCUT2D eigenvalue weighted by Crippen LogP contribution is -1.82. The Balaban J connectivity index is 2.40. The molecule has 0 aromatic rings. The first-order valence-electron chi connectivity index (χ1n) is 1.98. The van der Waals surface area contributed by atoms with Gasteiger partial charge in [-0.05, 0) is 0 Å². The predicted octanol–water partition coefficient (Wildman–Crippen LogP) is 0.831. The van der Waals surface area contributed by atoms with E-state index >= 15 is 0 Å². The van der Waals surface area contributed by atoms with Gasteiger partial charge in [0.1, 0.15) is 12.8 Å². The van der Waals surface area contributed by atoms with Gasteiger partial charge in [-0.3, -0.25) is 0 Å². The molecular formula is C5H6N+. The van der Waals surface area contributed by atoms with Crippen molar-refractivity contribution in [3.63, 3.8) is 0 Å². The standard InChI is InChI=1S/C5H6N/c1-2-4-6-5-3-1/h1-4H,5H2/q+1. The molecule has 0 amide bonds. The van der Waals surface area contributed by atoms with E-state index in [1.807, 2.05) is 18.6 Å². The number of aliphatic imine (C=N–C) groups is 1. The van der Waals surface area contributed by atoms with Crippen molar-refractivity contribution in [1.82, 2.24) is 0 Å². The molecule has 1 rings (SSSR count). The lowest BCUT2D eigenvalue weighted by atomic mass is 10.3. The van der Waals surface area contributed by atoms with Crippen molar-refractivity contribution in [2.24, 2.45) is 4.99 Å². The van der Waals surface area contributed by atoms with Crippen LogP contribution in [0.3, 0.4) is 0 Å². The Morgan fingerprint density at radius 3 is 2.83 bits per heavy atom. The zero-order valence-electron chi connectivity index (χ0n) is 3.46. The maximum Gasteiger partial charge on any atom is 0.124 e. The van der Waals surface area contributed by atoms with Crippen LogP contribution in [0.4, 0.5) is 0 Å². The van der Waals surface area contributed by atoms with Gasteiger partial charge < -0.3 is 0 Å². The Morgan fingerprint density at radius 1 is 1.67 bits per heavy atom. The van der Waals surface area contributed by atoms with E-state index in [-0.39, 0.29) is 0 Å². The molecule has 0 N–H and O–H groups in total. The number of allylic oxidation sites excluding steroid dienone is 1. The summed E-state index contributed by atoms with van der Waals surface area (Å²) in [5, 5.41) is 0. The van der Waals surface area contributed by atoms with Crippen LogP contribution < -0.4 is 0 Å². The van der Waals surface area contributed by atoms with Crippen LogP contribution in [0.1, 0.15) is 0 Å². The third-order valence-electron chi connectivity index (χ3n) is 0.649. The molecule has 0 spiro atoms. The largest absolute Gasteiger partial charge is 0.246 e. The molecule has 0 fully saturated rings. The third-order valence-corrected chi connectivity index (χ3v) is 0.649. The average Bonchev–Trinajstić information content (AvgIpc) is 1.72. The highest BCUT2D eigenvalue weighted by Crippen LogP contribution is 1.84. The Bertz CT molecular complexity index is 61.9. The first kappa shape index (κ1) is 3.47. The van der Waals surface area contributed by atoms with E-state index in [9.17, 15) is 0 Å². The Kier molecular flexibility index (Phi) is 0.955. The molecule has 1 heterocycles. The highest BCUT2D eigenvalue weighted by Gasteiger charge is 1.86. The summed E-state index contributed by atoms with van der Waals surface area (Å²) >= 11 is 0. The van der Waals surface area contributed by atoms with Crippen molar-refractivity contribution in [2.75, 3.05) is 6.54 Å². The summed E-state index contributed by atoms with van der Waals surface area (Å²) in [6.45, 7) is 0.858. The second kappa shape index (κ2) is 1.65. The molecule has 0 saturated heterocycles. The summed E-state index contributed by atoms with van der Waals surface area (Å²) in [4.78, 5) is 3.91. The minimum Gasteiger partial charge on any atom is -0.246 e. The second-order valence-electron chi connectivity index (χ2n) is 1.13. The predicted molar refractivity (Wildman–Crippen MR) is 26.8 cm³/mol. The van der Waals surface area contributed by atoms with Crippen molar-refractivity contribution in [3.8, 4) is 0 Å². The number of hydrogen-bond donors (Lipinski definition) is 0. The quantitative estimate of drug-likeness (QED) is 0.382. The van der Waals surface area contributed by atoms with Crippen LogP contribution >= 0.6 is 0 Å². The maximum absolute atomic E-state index is 3.91. The number of dihydropyridines is 1. The lowest BCUT2D eigenvalue weighted by Gasteiger charge is -1.78. The molecule has 0 atom stereocenters. The molecule has 1 nitrogen and oxygen atoms in total. The van der Waals surface area contributed by atoms with Crippen LogP contribution in [-0.4, -0.2) is 12.8 Å². The van der Waals surface area contributed by atoms with Crippen LogP contribution in [0, 0.1) is 6.42 Å². The van der Waals surface area contributed by atoms with Crippen LogP contribution in [0.2, 0.25) is 0 Å². The fourth-order valence-corrected chi connectivity index (χ4v) is 0.372. The van der Waals surface area contributed by atoms with Gasteiger partial charge in [-0.25, -0.2) is 4.99 Å². The van der Waals surface area contributed by atoms with E-state index in [2.05, 4.69) is 4.99 Å². The van der Waals surface area contributed by atoms with Crippen molar-refractivity contribution in [1.29, 1.82) is 0 Å². The van der Waals surface area contributed by atoms with E-state index in [0.717, 1.165) is 6.54 Å². The zero-order chi connectivity index (χ0) is 4.24. The number of rotatable bonds is 0. The monoisotopic (exact) mass is 80.0 g/mol. The highest BCUT2D eigenvalue weighted by atomic mass is 14.7. The minimum absolute atomic E-state index is 0.858.